The first-order valence-electron chi connectivity index (χ1n) is 6.36. The van der Waals surface area contributed by atoms with Gasteiger partial charge in [0.1, 0.15) is 17.0 Å². The van der Waals surface area contributed by atoms with E-state index in [0.717, 1.165) is 20.7 Å². The van der Waals surface area contributed by atoms with Gasteiger partial charge in [0.05, 0.1) is 17.9 Å². The van der Waals surface area contributed by atoms with Gasteiger partial charge in [0.25, 0.3) is 0 Å². The van der Waals surface area contributed by atoms with E-state index in [1.165, 1.54) is 6.33 Å². The number of carbonyl (C=O) groups is 1. The van der Waals surface area contributed by atoms with Gasteiger partial charge in [0.2, 0.25) is 0 Å². The van der Waals surface area contributed by atoms with Gasteiger partial charge in [0.15, 0.2) is 0 Å². The third-order valence-corrected chi connectivity index (χ3v) is 4.19. The minimum absolute atomic E-state index is 0.206. The molecule has 5 nitrogen and oxygen atoms in total. The molecule has 0 unspecified atom stereocenters. The van der Waals surface area contributed by atoms with Crippen LogP contribution < -0.4 is 10.0 Å². The molecule has 0 aliphatic rings. The Kier molecular flexibility index (Phi) is 3.53. The van der Waals surface area contributed by atoms with Gasteiger partial charge in [-0.3, -0.25) is 0 Å². The Bertz CT molecular complexity index is 786. The maximum atomic E-state index is 10.8. The first-order valence-corrected chi connectivity index (χ1v) is 7.18. The molecule has 0 aliphatic carbocycles. The lowest BCUT2D eigenvalue weighted by Crippen LogP contribution is -2.36. The molecular formula is C15H12N3O2S-. The second kappa shape index (κ2) is 5.49. The Morgan fingerprint density at radius 1 is 1.29 bits per heavy atom. The lowest BCUT2D eigenvalue weighted by molar-refractivity contribution is -0.303. The highest BCUT2D eigenvalue weighted by Gasteiger charge is 2.13. The molecule has 0 atom stereocenters. The molecule has 0 spiro atoms. The quantitative estimate of drug-likeness (QED) is 0.731. The zero-order valence-corrected chi connectivity index (χ0v) is 12.1. The number of carboxylic acid groups (broad SMARTS) is 1. The molecule has 2 aromatic heterocycles. The second-order valence-electron chi connectivity index (χ2n) is 4.62. The standard InChI is InChI=1S/C15H13N3O2S/c1-18(8-13(19)20)14-11-7-12(10-5-3-2-4-6-10)21-15(11)17-9-16-14/h2-7,9H,8H2,1H3,(H,19,20)/p-1. The average Bonchev–Trinajstić information content (AvgIpc) is 2.91. The zero-order valence-electron chi connectivity index (χ0n) is 11.3. The summed E-state index contributed by atoms with van der Waals surface area (Å²) >= 11 is 1.56. The van der Waals surface area contributed by atoms with E-state index >= 15 is 0 Å². The van der Waals surface area contributed by atoms with Crippen LogP contribution in [-0.2, 0) is 4.79 Å². The molecule has 21 heavy (non-hydrogen) atoms. The Morgan fingerprint density at radius 2 is 2.05 bits per heavy atom. The number of aliphatic carboxylic acids is 1. The smallest absolute Gasteiger partial charge is 0.140 e. The van der Waals surface area contributed by atoms with Gasteiger partial charge in [-0.1, -0.05) is 30.3 Å². The van der Waals surface area contributed by atoms with Crippen LogP contribution in [0.25, 0.3) is 20.7 Å². The lowest BCUT2D eigenvalue weighted by Gasteiger charge is -2.18. The molecular weight excluding hydrogens is 286 g/mol. The predicted octanol–water partition coefficient (Wildman–Crippen LogP) is 1.54. The molecule has 0 amide bonds. The Hall–Kier alpha value is -2.47. The number of rotatable bonds is 4. The van der Waals surface area contributed by atoms with E-state index in [1.54, 1.807) is 23.3 Å². The first kappa shape index (κ1) is 13.5. The topological polar surface area (TPSA) is 69.2 Å². The number of likely N-dealkylation sites (N-methyl/N-ethyl adjacent to an activating group) is 1. The zero-order chi connectivity index (χ0) is 14.8. The fraction of sp³-hybridized carbons (Fsp3) is 0.133. The number of anilines is 1. The van der Waals surface area contributed by atoms with Crippen molar-refractivity contribution in [2.75, 3.05) is 18.5 Å². The fourth-order valence-corrected chi connectivity index (χ4v) is 3.16. The normalized spacial score (nSPS) is 10.7. The highest BCUT2D eigenvalue weighted by Crippen LogP contribution is 2.35. The van der Waals surface area contributed by atoms with Crippen molar-refractivity contribution in [1.82, 2.24) is 9.97 Å². The van der Waals surface area contributed by atoms with Crippen LogP contribution in [0.4, 0.5) is 5.82 Å². The molecule has 0 bridgehead atoms. The van der Waals surface area contributed by atoms with Crippen LogP contribution >= 0.6 is 11.3 Å². The summed E-state index contributed by atoms with van der Waals surface area (Å²) in [7, 11) is 1.68. The number of hydrogen-bond donors (Lipinski definition) is 0. The second-order valence-corrected chi connectivity index (χ2v) is 5.65. The Morgan fingerprint density at radius 3 is 2.76 bits per heavy atom. The maximum absolute atomic E-state index is 10.8. The molecule has 1 aromatic carbocycles. The van der Waals surface area contributed by atoms with E-state index in [0.29, 0.717) is 5.82 Å². The van der Waals surface area contributed by atoms with Crippen molar-refractivity contribution in [3.63, 3.8) is 0 Å². The van der Waals surface area contributed by atoms with Gasteiger partial charge in [-0.05, 0) is 11.6 Å². The van der Waals surface area contributed by atoms with Gasteiger partial charge in [-0.2, -0.15) is 0 Å². The molecule has 106 valence electrons. The van der Waals surface area contributed by atoms with E-state index in [4.69, 9.17) is 0 Å². The number of carboxylic acids is 1. The van der Waals surface area contributed by atoms with Gasteiger partial charge in [-0.15, -0.1) is 11.3 Å². The summed E-state index contributed by atoms with van der Waals surface area (Å²) in [6, 6.07) is 12.0. The van der Waals surface area contributed by atoms with Gasteiger partial charge >= 0.3 is 0 Å². The van der Waals surface area contributed by atoms with E-state index in [1.807, 2.05) is 36.4 Å². The minimum Gasteiger partial charge on any atom is -0.548 e. The first-order chi connectivity index (χ1) is 10.1. The van der Waals surface area contributed by atoms with Gasteiger partial charge in [0, 0.05) is 11.9 Å². The van der Waals surface area contributed by atoms with Crippen LogP contribution in [0.1, 0.15) is 0 Å². The highest BCUT2D eigenvalue weighted by molar-refractivity contribution is 7.21. The van der Waals surface area contributed by atoms with Crippen molar-refractivity contribution >= 4 is 33.3 Å². The van der Waals surface area contributed by atoms with E-state index in [2.05, 4.69) is 9.97 Å². The molecule has 0 radical (unpaired) electrons. The predicted molar refractivity (Wildman–Crippen MR) is 81.1 cm³/mol. The monoisotopic (exact) mass is 298 g/mol. The molecule has 3 rings (SSSR count). The summed E-state index contributed by atoms with van der Waals surface area (Å²) in [5.41, 5.74) is 1.11. The largest absolute Gasteiger partial charge is 0.548 e. The third-order valence-electron chi connectivity index (χ3n) is 3.09. The summed E-state index contributed by atoms with van der Waals surface area (Å²) in [6.45, 7) is -0.206. The van der Waals surface area contributed by atoms with Crippen LogP contribution in [0.2, 0.25) is 0 Å². The number of aromatic nitrogens is 2. The van der Waals surface area contributed by atoms with Crippen LogP contribution in [0, 0.1) is 0 Å². The van der Waals surface area contributed by atoms with Crippen molar-refractivity contribution in [2.24, 2.45) is 0 Å². The number of carbonyl (C=O) groups excluding carboxylic acids is 1. The molecule has 0 fully saturated rings. The number of hydrogen-bond acceptors (Lipinski definition) is 6. The molecule has 0 saturated carbocycles. The summed E-state index contributed by atoms with van der Waals surface area (Å²) in [5, 5.41) is 11.6. The Labute approximate surface area is 125 Å². The number of thiophene rings is 1. The van der Waals surface area contributed by atoms with Crippen LogP contribution in [0.5, 0.6) is 0 Å². The van der Waals surface area contributed by atoms with Crippen LogP contribution in [0.15, 0.2) is 42.7 Å². The number of fused-ring (bicyclic) bond motifs is 1. The van der Waals surface area contributed by atoms with Crippen molar-refractivity contribution in [3.05, 3.63) is 42.7 Å². The van der Waals surface area contributed by atoms with Crippen molar-refractivity contribution < 1.29 is 9.90 Å². The molecule has 2 heterocycles. The van der Waals surface area contributed by atoms with Crippen molar-refractivity contribution in [3.8, 4) is 10.4 Å². The summed E-state index contributed by atoms with van der Waals surface area (Å²) in [5.74, 6) is -0.537. The summed E-state index contributed by atoms with van der Waals surface area (Å²) in [6.07, 6.45) is 1.45. The molecule has 6 heteroatoms. The average molecular weight is 298 g/mol. The number of benzene rings is 1. The third kappa shape index (κ3) is 2.71. The lowest BCUT2D eigenvalue weighted by atomic mass is 10.2. The van der Waals surface area contributed by atoms with Crippen molar-refractivity contribution in [1.29, 1.82) is 0 Å². The van der Waals surface area contributed by atoms with E-state index in [9.17, 15) is 9.90 Å². The summed E-state index contributed by atoms with van der Waals surface area (Å²) < 4.78 is 0. The van der Waals surface area contributed by atoms with E-state index < -0.39 is 5.97 Å². The molecule has 0 aliphatic heterocycles. The minimum atomic E-state index is -1.14. The maximum Gasteiger partial charge on any atom is 0.140 e. The fourth-order valence-electron chi connectivity index (χ4n) is 2.16. The number of nitrogens with zero attached hydrogens (tertiary/aromatic N) is 3. The summed E-state index contributed by atoms with van der Waals surface area (Å²) in [4.78, 5) is 22.7. The Balaban J connectivity index is 2.08. The highest BCUT2D eigenvalue weighted by atomic mass is 32.1. The van der Waals surface area contributed by atoms with E-state index in [-0.39, 0.29) is 6.54 Å². The molecule has 0 saturated heterocycles. The SMILES string of the molecule is CN(CC(=O)[O-])c1ncnc2sc(-c3ccccc3)cc12. The van der Waals surface area contributed by atoms with Crippen molar-refractivity contribution in [2.45, 2.75) is 0 Å². The van der Waals surface area contributed by atoms with Crippen LogP contribution in [-0.4, -0.2) is 29.5 Å². The van der Waals surface area contributed by atoms with Crippen LogP contribution in [0.3, 0.4) is 0 Å². The van der Waals surface area contributed by atoms with Gasteiger partial charge in [-0.25, -0.2) is 9.97 Å². The molecule has 0 N–H and O–H groups in total. The molecule has 3 aromatic rings. The van der Waals surface area contributed by atoms with Gasteiger partial charge < -0.3 is 14.8 Å².